The van der Waals surface area contributed by atoms with E-state index in [-0.39, 0.29) is 16.9 Å². The molecular formula is C29H30N4O4S3. The highest BCUT2D eigenvalue weighted by Crippen LogP contribution is 2.36. The van der Waals surface area contributed by atoms with Crippen molar-refractivity contribution in [1.29, 1.82) is 0 Å². The molecule has 40 heavy (non-hydrogen) atoms. The second-order valence-corrected chi connectivity index (χ2v) is 13.7. The maximum Gasteiger partial charge on any atom is 0.266 e. The first kappa shape index (κ1) is 27.3. The molecule has 1 amide bonds. The van der Waals surface area contributed by atoms with Gasteiger partial charge in [0.25, 0.3) is 5.91 Å². The summed E-state index contributed by atoms with van der Waals surface area (Å²) in [5.74, 6) is -0.148. The van der Waals surface area contributed by atoms with E-state index in [0.717, 1.165) is 37.8 Å². The number of hydrogen-bond donors (Lipinski definition) is 0. The summed E-state index contributed by atoms with van der Waals surface area (Å²) in [6.45, 7) is 2.24. The molecule has 4 heterocycles. The van der Waals surface area contributed by atoms with Gasteiger partial charge in [-0.15, -0.1) is 0 Å². The normalized spacial score (nSPS) is 21.6. The zero-order valence-electron chi connectivity index (χ0n) is 21.9. The Kier molecular flexibility index (Phi) is 7.91. The van der Waals surface area contributed by atoms with Crippen molar-refractivity contribution in [3.63, 3.8) is 0 Å². The third-order valence-electron chi connectivity index (χ3n) is 7.39. The zero-order valence-corrected chi connectivity index (χ0v) is 24.4. The van der Waals surface area contributed by atoms with Gasteiger partial charge in [-0.2, -0.15) is 9.40 Å². The van der Waals surface area contributed by atoms with Gasteiger partial charge in [-0.25, -0.2) is 13.1 Å². The Morgan fingerprint density at radius 1 is 1.05 bits per heavy atom. The summed E-state index contributed by atoms with van der Waals surface area (Å²) in [6.07, 6.45) is 8.37. The van der Waals surface area contributed by atoms with E-state index in [1.165, 1.54) is 11.8 Å². The van der Waals surface area contributed by atoms with Crippen molar-refractivity contribution in [2.24, 2.45) is 0 Å². The van der Waals surface area contributed by atoms with Crippen LogP contribution in [0.2, 0.25) is 0 Å². The molecule has 3 saturated heterocycles. The molecule has 0 spiro atoms. The molecule has 0 bridgehead atoms. The number of nitrogens with zero attached hydrogens (tertiary/aromatic N) is 4. The van der Waals surface area contributed by atoms with Gasteiger partial charge >= 0.3 is 0 Å². The third-order valence-corrected chi connectivity index (χ3v) is 10.7. The van der Waals surface area contributed by atoms with Gasteiger partial charge in [0.1, 0.15) is 10.0 Å². The molecule has 6 rings (SSSR count). The Hall–Kier alpha value is -2.83. The van der Waals surface area contributed by atoms with Crippen LogP contribution >= 0.6 is 24.0 Å². The smallest absolute Gasteiger partial charge is 0.266 e. The first-order valence-electron chi connectivity index (χ1n) is 13.5. The summed E-state index contributed by atoms with van der Waals surface area (Å²) in [7, 11) is -3.62. The minimum Gasteiger partial charge on any atom is -0.376 e. The maximum absolute atomic E-state index is 13.4. The van der Waals surface area contributed by atoms with E-state index in [4.69, 9.17) is 22.1 Å². The molecule has 1 aromatic heterocycles. The largest absolute Gasteiger partial charge is 0.376 e. The van der Waals surface area contributed by atoms with Crippen molar-refractivity contribution in [1.82, 2.24) is 19.0 Å². The Morgan fingerprint density at radius 3 is 2.60 bits per heavy atom. The highest BCUT2D eigenvalue weighted by atomic mass is 32.2. The predicted octanol–water partition coefficient (Wildman–Crippen LogP) is 5.09. The number of amides is 1. The number of thioether (sulfide) groups is 1. The number of para-hydroxylation sites is 1. The summed E-state index contributed by atoms with van der Waals surface area (Å²) in [6, 6.07) is 16.6. The highest BCUT2D eigenvalue weighted by Gasteiger charge is 2.35. The third kappa shape index (κ3) is 5.53. The first-order chi connectivity index (χ1) is 19.4. The summed E-state index contributed by atoms with van der Waals surface area (Å²) in [5, 5.41) is 4.85. The van der Waals surface area contributed by atoms with Gasteiger partial charge in [-0.05, 0) is 56.0 Å². The molecule has 0 saturated carbocycles. The van der Waals surface area contributed by atoms with Gasteiger partial charge in [0, 0.05) is 37.0 Å². The fraction of sp³-hybridized carbons (Fsp3) is 0.345. The molecule has 1 unspecified atom stereocenters. The van der Waals surface area contributed by atoms with E-state index in [0.29, 0.717) is 52.3 Å². The molecule has 8 nitrogen and oxygen atoms in total. The second kappa shape index (κ2) is 11.6. The molecular weight excluding hydrogens is 565 g/mol. The van der Waals surface area contributed by atoms with Crippen molar-refractivity contribution >= 4 is 50.3 Å². The van der Waals surface area contributed by atoms with Crippen LogP contribution in [0.15, 0.2) is 70.6 Å². The number of sulfonamides is 1. The van der Waals surface area contributed by atoms with Crippen LogP contribution in [0.4, 0.5) is 0 Å². The van der Waals surface area contributed by atoms with Gasteiger partial charge in [-0.3, -0.25) is 9.69 Å². The van der Waals surface area contributed by atoms with Gasteiger partial charge in [0.15, 0.2) is 0 Å². The maximum atomic E-state index is 13.4. The molecule has 1 atom stereocenters. The van der Waals surface area contributed by atoms with E-state index in [2.05, 4.69) is 0 Å². The number of ether oxygens (including phenoxy) is 1. The van der Waals surface area contributed by atoms with Crippen LogP contribution in [-0.2, 0) is 19.6 Å². The van der Waals surface area contributed by atoms with Crippen LogP contribution in [0, 0.1) is 0 Å². The molecule has 3 aliphatic heterocycles. The van der Waals surface area contributed by atoms with Crippen LogP contribution < -0.4 is 0 Å². The molecule has 3 fully saturated rings. The average molecular weight is 595 g/mol. The van der Waals surface area contributed by atoms with Crippen LogP contribution in [0.3, 0.4) is 0 Å². The van der Waals surface area contributed by atoms with Crippen molar-refractivity contribution in [2.75, 3.05) is 26.2 Å². The summed E-state index contributed by atoms with van der Waals surface area (Å²) >= 11 is 6.82. The van der Waals surface area contributed by atoms with E-state index < -0.39 is 10.0 Å². The Balaban J connectivity index is 1.38. The van der Waals surface area contributed by atoms with Gasteiger partial charge in [0.05, 0.1) is 28.1 Å². The minimum atomic E-state index is -3.62. The standard InChI is InChI=1S/C29H30N4O4S3/c34-28-26(39-29(38)32(28)20-24-12-8-16-37-24)18-22-19-33(23-10-3-1-4-11-23)30-27(22)21-9-7-13-25(17-21)40(35,36)31-14-5-2-6-15-31/h1,3-4,7,9-11,13,17-19,24H,2,5-6,8,12,14-16,20H2. The summed E-state index contributed by atoms with van der Waals surface area (Å²) in [5.41, 5.74) is 2.80. The number of thiocarbonyl (C=S) groups is 1. The van der Waals surface area contributed by atoms with E-state index in [1.807, 2.05) is 48.7 Å². The fourth-order valence-electron chi connectivity index (χ4n) is 5.28. The van der Waals surface area contributed by atoms with E-state index in [1.54, 1.807) is 32.1 Å². The molecule has 0 N–H and O–H groups in total. The van der Waals surface area contributed by atoms with Gasteiger partial charge < -0.3 is 4.74 Å². The van der Waals surface area contributed by atoms with Gasteiger partial charge in [0.2, 0.25) is 10.0 Å². The van der Waals surface area contributed by atoms with Crippen LogP contribution in [-0.4, -0.2) is 70.0 Å². The Morgan fingerprint density at radius 2 is 1.85 bits per heavy atom. The van der Waals surface area contributed by atoms with Crippen molar-refractivity contribution in [3.05, 3.63) is 71.3 Å². The SMILES string of the molecule is O=C1C(=Cc2cn(-c3ccccc3)nc2-c2cccc(S(=O)(=O)N3CCCCC3)c2)SC(=S)N1CC1CCCO1. The molecule has 3 aliphatic rings. The topological polar surface area (TPSA) is 84.7 Å². The number of rotatable bonds is 7. The minimum absolute atomic E-state index is 0.00262. The molecule has 0 radical (unpaired) electrons. The summed E-state index contributed by atoms with van der Waals surface area (Å²) in [4.78, 5) is 15.7. The highest BCUT2D eigenvalue weighted by molar-refractivity contribution is 8.26. The van der Waals surface area contributed by atoms with Crippen LogP contribution in [0.5, 0.6) is 0 Å². The molecule has 11 heteroatoms. The number of carbonyl (C=O) groups is 1. The molecule has 2 aromatic carbocycles. The monoisotopic (exact) mass is 594 g/mol. The lowest BCUT2D eigenvalue weighted by Crippen LogP contribution is -2.35. The summed E-state index contributed by atoms with van der Waals surface area (Å²) < 4.78 is 36.4. The fourth-order valence-corrected chi connectivity index (χ4v) is 8.11. The molecule has 3 aromatic rings. The Labute approximate surface area is 244 Å². The number of carbonyl (C=O) groups excluding carboxylic acids is 1. The number of benzene rings is 2. The lowest BCUT2D eigenvalue weighted by atomic mass is 10.1. The van der Waals surface area contributed by atoms with Crippen LogP contribution in [0.25, 0.3) is 23.0 Å². The molecule has 0 aliphatic carbocycles. The van der Waals surface area contributed by atoms with E-state index in [9.17, 15) is 13.2 Å². The number of aromatic nitrogens is 2. The zero-order chi connectivity index (χ0) is 27.7. The average Bonchev–Trinajstić information content (AvgIpc) is 3.72. The lowest BCUT2D eigenvalue weighted by Gasteiger charge is -2.26. The van der Waals surface area contributed by atoms with Crippen molar-refractivity contribution in [3.8, 4) is 16.9 Å². The number of piperidine rings is 1. The lowest BCUT2D eigenvalue weighted by molar-refractivity contribution is -0.123. The first-order valence-corrected chi connectivity index (χ1v) is 16.2. The predicted molar refractivity (Wildman–Crippen MR) is 160 cm³/mol. The van der Waals surface area contributed by atoms with Crippen molar-refractivity contribution in [2.45, 2.75) is 43.1 Å². The van der Waals surface area contributed by atoms with Crippen molar-refractivity contribution < 1.29 is 17.9 Å². The quantitative estimate of drug-likeness (QED) is 0.278. The van der Waals surface area contributed by atoms with Gasteiger partial charge in [-0.1, -0.05) is 60.7 Å². The van der Waals surface area contributed by atoms with Crippen LogP contribution in [0.1, 0.15) is 37.7 Å². The Bertz CT molecular complexity index is 1560. The van der Waals surface area contributed by atoms with E-state index >= 15 is 0 Å². The second-order valence-electron chi connectivity index (χ2n) is 10.1. The number of hydrogen-bond acceptors (Lipinski definition) is 7. The molecule has 208 valence electrons.